The van der Waals surface area contributed by atoms with Gasteiger partial charge in [0.15, 0.2) is 5.58 Å². The van der Waals surface area contributed by atoms with Gasteiger partial charge in [-0.15, -0.1) is 0 Å². The number of nitrogens with two attached hydrogens (primary N) is 1. The largest absolute Gasteiger partial charge is 0.424 e. The van der Waals surface area contributed by atoms with Crippen LogP contribution in [-0.2, 0) is 6.54 Å². The Balaban J connectivity index is 1.79. The molecule has 5 heteroatoms. The fourth-order valence-corrected chi connectivity index (χ4v) is 1.70. The fourth-order valence-electron chi connectivity index (χ4n) is 1.70. The van der Waals surface area contributed by atoms with Gasteiger partial charge < -0.3 is 15.5 Å². The number of hydrogen-bond acceptors (Lipinski definition) is 5. The van der Waals surface area contributed by atoms with Crippen molar-refractivity contribution < 1.29 is 4.42 Å². The van der Waals surface area contributed by atoms with Gasteiger partial charge in [-0.2, -0.15) is 4.98 Å². The molecule has 3 N–H and O–H groups in total. The van der Waals surface area contributed by atoms with E-state index in [1.807, 2.05) is 18.2 Å². The molecule has 90 valence electrons. The molecule has 0 bridgehead atoms. The molecule has 3 rings (SSSR count). The number of hydrogen-bond donors (Lipinski definition) is 2. The van der Waals surface area contributed by atoms with E-state index in [4.69, 9.17) is 10.2 Å². The zero-order chi connectivity index (χ0) is 12.4. The molecule has 3 aromatic rings. The zero-order valence-electron chi connectivity index (χ0n) is 9.63. The summed E-state index contributed by atoms with van der Waals surface area (Å²) in [5.41, 5.74) is 8.91. The number of aromatic nitrogens is 2. The van der Waals surface area contributed by atoms with Crippen molar-refractivity contribution in [1.82, 2.24) is 9.97 Å². The Bertz CT molecular complexity index is 663. The van der Waals surface area contributed by atoms with Crippen LogP contribution in [0.15, 0.2) is 47.1 Å². The number of nitrogen functional groups attached to an aromatic ring is 1. The smallest absolute Gasteiger partial charge is 0.295 e. The van der Waals surface area contributed by atoms with Gasteiger partial charge >= 0.3 is 0 Å². The van der Waals surface area contributed by atoms with Crippen molar-refractivity contribution >= 4 is 22.8 Å². The molecule has 0 spiro atoms. The average molecular weight is 240 g/mol. The topological polar surface area (TPSA) is 77.0 Å². The molecule has 0 unspecified atom stereocenters. The summed E-state index contributed by atoms with van der Waals surface area (Å²) in [7, 11) is 0. The Morgan fingerprint density at radius 2 is 2.22 bits per heavy atom. The molecule has 5 nitrogen and oxygen atoms in total. The van der Waals surface area contributed by atoms with Crippen molar-refractivity contribution in [2.75, 3.05) is 11.1 Å². The first-order valence-electron chi connectivity index (χ1n) is 5.60. The molecule has 0 aliphatic heterocycles. The van der Waals surface area contributed by atoms with Gasteiger partial charge in [0.1, 0.15) is 5.52 Å². The van der Waals surface area contributed by atoms with Crippen molar-refractivity contribution in [3.8, 4) is 0 Å². The minimum Gasteiger partial charge on any atom is -0.424 e. The van der Waals surface area contributed by atoms with Crippen molar-refractivity contribution in [2.45, 2.75) is 6.54 Å². The lowest BCUT2D eigenvalue weighted by Gasteiger charge is -2.00. The molecule has 0 aliphatic carbocycles. The molecule has 0 atom stereocenters. The summed E-state index contributed by atoms with van der Waals surface area (Å²) in [6, 6.07) is 9.75. The Morgan fingerprint density at radius 3 is 3.06 bits per heavy atom. The van der Waals surface area contributed by atoms with Crippen LogP contribution in [-0.4, -0.2) is 9.97 Å². The minimum atomic E-state index is 0.486. The molecule has 0 amide bonds. The number of nitrogens with one attached hydrogen (secondary N) is 1. The monoisotopic (exact) mass is 240 g/mol. The Labute approximate surface area is 104 Å². The molecule has 0 saturated heterocycles. The fraction of sp³-hybridized carbons (Fsp3) is 0.0769. The van der Waals surface area contributed by atoms with Crippen molar-refractivity contribution in [3.05, 3.63) is 48.3 Å². The predicted octanol–water partition coefficient (Wildman–Crippen LogP) is 2.42. The van der Waals surface area contributed by atoms with E-state index in [1.54, 1.807) is 24.5 Å². The first-order valence-corrected chi connectivity index (χ1v) is 5.60. The highest BCUT2D eigenvalue weighted by atomic mass is 16.4. The van der Waals surface area contributed by atoms with E-state index in [0.29, 0.717) is 18.2 Å². The van der Waals surface area contributed by atoms with Crippen molar-refractivity contribution in [2.24, 2.45) is 0 Å². The summed E-state index contributed by atoms with van der Waals surface area (Å²) in [4.78, 5) is 8.35. The molecule has 18 heavy (non-hydrogen) atoms. The third-order valence-electron chi connectivity index (χ3n) is 2.58. The molecule has 0 radical (unpaired) electrons. The quantitative estimate of drug-likeness (QED) is 0.687. The van der Waals surface area contributed by atoms with E-state index in [0.717, 1.165) is 16.7 Å². The highest BCUT2D eigenvalue weighted by molar-refractivity contribution is 5.78. The third kappa shape index (κ3) is 2.10. The van der Waals surface area contributed by atoms with Crippen LogP contribution in [0, 0.1) is 0 Å². The summed E-state index contributed by atoms with van der Waals surface area (Å²) in [6.07, 6.45) is 3.54. The van der Waals surface area contributed by atoms with Crippen LogP contribution in [0.3, 0.4) is 0 Å². The maximum atomic E-state index is 5.69. The van der Waals surface area contributed by atoms with Gasteiger partial charge in [0.25, 0.3) is 6.01 Å². The van der Waals surface area contributed by atoms with Gasteiger partial charge in [0.05, 0.1) is 0 Å². The van der Waals surface area contributed by atoms with Crippen LogP contribution in [0.1, 0.15) is 5.56 Å². The van der Waals surface area contributed by atoms with Gasteiger partial charge in [-0.25, -0.2) is 0 Å². The Hall–Kier alpha value is -2.56. The molecule has 2 aromatic heterocycles. The van der Waals surface area contributed by atoms with Crippen LogP contribution >= 0.6 is 0 Å². The first-order chi connectivity index (χ1) is 8.81. The summed E-state index contributed by atoms with van der Waals surface area (Å²) in [5, 5.41) is 3.11. The number of pyridine rings is 1. The van der Waals surface area contributed by atoms with Crippen LogP contribution in [0.25, 0.3) is 11.1 Å². The average Bonchev–Trinajstić information content (AvgIpc) is 2.79. The maximum Gasteiger partial charge on any atom is 0.295 e. The molecule has 0 fully saturated rings. The normalized spacial score (nSPS) is 10.7. The van der Waals surface area contributed by atoms with Gasteiger partial charge in [0, 0.05) is 24.6 Å². The summed E-state index contributed by atoms with van der Waals surface area (Å²) >= 11 is 0. The minimum absolute atomic E-state index is 0.486. The van der Waals surface area contributed by atoms with E-state index in [-0.39, 0.29) is 0 Å². The van der Waals surface area contributed by atoms with E-state index >= 15 is 0 Å². The lowest BCUT2D eigenvalue weighted by atomic mass is 10.3. The highest BCUT2D eigenvalue weighted by Crippen LogP contribution is 2.21. The van der Waals surface area contributed by atoms with Gasteiger partial charge in [-0.1, -0.05) is 6.07 Å². The number of anilines is 2. The second kappa shape index (κ2) is 4.37. The number of nitrogens with zero attached hydrogens (tertiary/aromatic N) is 2. The summed E-state index contributed by atoms with van der Waals surface area (Å²) < 4.78 is 5.55. The number of rotatable bonds is 3. The number of benzene rings is 1. The van der Waals surface area contributed by atoms with Gasteiger partial charge in [0.2, 0.25) is 0 Å². The van der Waals surface area contributed by atoms with Gasteiger partial charge in [-0.3, -0.25) is 4.98 Å². The van der Waals surface area contributed by atoms with Crippen LogP contribution in [0.4, 0.5) is 11.7 Å². The molecule has 0 aliphatic rings. The van der Waals surface area contributed by atoms with Gasteiger partial charge in [-0.05, 0) is 29.8 Å². The van der Waals surface area contributed by atoms with Crippen LogP contribution < -0.4 is 11.1 Å². The van der Waals surface area contributed by atoms with E-state index in [2.05, 4.69) is 15.3 Å². The maximum absolute atomic E-state index is 5.69. The van der Waals surface area contributed by atoms with E-state index in [1.165, 1.54) is 0 Å². The van der Waals surface area contributed by atoms with E-state index in [9.17, 15) is 0 Å². The molecule has 2 heterocycles. The second-order valence-corrected chi connectivity index (χ2v) is 3.96. The van der Waals surface area contributed by atoms with Crippen LogP contribution in [0.2, 0.25) is 0 Å². The Kier molecular flexibility index (Phi) is 2.57. The summed E-state index contributed by atoms with van der Waals surface area (Å²) in [6.45, 7) is 0.621. The standard InChI is InChI=1S/C13H12N4O/c14-10-3-4-12-11(6-10)17-13(18-12)16-8-9-2-1-5-15-7-9/h1-7H,8,14H2,(H,16,17). The predicted molar refractivity (Wildman–Crippen MR) is 70.0 cm³/mol. The molecular formula is C13H12N4O. The lowest BCUT2D eigenvalue weighted by molar-refractivity contribution is 0.614. The number of oxazole rings is 1. The van der Waals surface area contributed by atoms with Crippen molar-refractivity contribution in [1.29, 1.82) is 0 Å². The third-order valence-corrected chi connectivity index (χ3v) is 2.58. The molecule has 1 aromatic carbocycles. The van der Waals surface area contributed by atoms with Crippen molar-refractivity contribution in [3.63, 3.8) is 0 Å². The zero-order valence-corrected chi connectivity index (χ0v) is 9.63. The molecule has 0 saturated carbocycles. The lowest BCUT2D eigenvalue weighted by Crippen LogP contribution is -1.99. The highest BCUT2D eigenvalue weighted by Gasteiger charge is 2.05. The first kappa shape index (κ1) is 10.6. The van der Waals surface area contributed by atoms with E-state index < -0.39 is 0 Å². The second-order valence-electron chi connectivity index (χ2n) is 3.96. The number of fused-ring (bicyclic) bond motifs is 1. The van der Waals surface area contributed by atoms with Crippen LogP contribution in [0.5, 0.6) is 0 Å². The SMILES string of the molecule is Nc1ccc2oc(NCc3cccnc3)nc2c1. The summed E-state index contributed by atoms with van der Waals surface area (Å²) in [5.74, 6) is 0. The molecular weight excluding hydrogens is 228 g/mol. The Morgan fingerprint density at radius 1 is 1.28 bits per heavy atom.